The van der Waals surface area contributed by atoms with Gasteiger partial charge < -0.3 is 20.3 Å². The molecule has 1 atom stereocenters. The van der Waals surface area contributed by atoms with E-state index in [-0.39, 0.29) is 0 Å². The number of rotatable bonds is 7. The van der Waals surface area contributed by atoms with Crippen LogP contribution in [0.3, 0.4) is 0 Å². The number of aliphatic imine (C=N–C) groups is 1. The largest absolute Gasteiger partial charge is 0.378 e. The SMILES string of the molecule is CN=C(NCc1ccccc1N1CCOCC1)NCC(c1ccccc1)N1CCCC1. The molecule has 31 heavy (non-hydrogen) atoms. The van der Waals surface area contributed by atoms with E-state index in [9.17, 15) is 0 Å². The summed E-state index contributed by atoms with van der Waals surface area (Å²) in [6, 6.07) is 19.8. The summed E-state index contributed by atoms with van der Waals surface area (Å²) in [5.41, 5.74) is 3.93. The summed E-state index contributed by atoms with van der Waals surface area (Å²) < 4.78 is 5.52. The molecule has 1 unspecified atom stereocenters. The van der Waals surface area contributed by atoms with E-state index in [0.29, 0.717) is 6.04 Å². The van der Waals surface area contributed by atoms with Gasteiger partial charge in [-0.1, -0.05) is 48.5 Å². The lowest BCUT2D eigenvalue weighted by molar-refractivity contribution is 0.122. The van der Waals surface area contributed by atoms with Crippen LogP contribution in [0.2, 0.25) is 0 Å². The summed E-state index contributed by atoms with van der Waals surface area (Å²) in [4.78, 5) is 9.48. The molecule has 0 aromatic heterocycles. The lowest BCUT2D eigenvalue weighted by Crippen LogP contribution is -2.42. The van der Waals surface area contributed by atoms with E-state index in [1.165, 1.54) is 42.7 Å². The first-order valence-electron chi connectivity index (χ1n) is 11.5. The Balaban J connectivity index is 1.37. The normalized spacial score (nSPS) is 18.7. The molecule has 2 saturated heterocycles. The van der Waals surface area contributed by atoms with Crippen molar-refractivity contribution in [2.24, 2.45) is 4.99 Å². The molecule has 2 N–H and O–H groups in total. The van der Waals surface area contributed by atoms with E-state index < -0.39 is 0 Å². The molecule has 0 aliphatic carbocycles. The van der Waals surface area contributed by atoms with Gasteiger partial charge in [-0.2, -0.15) is 0 Å². The van der Waals surface area contributed by atoms with Gasteiger partial charge in [0, 0.05) is 38.9 Å². The molecular formula is C25H35N5O. The van der Waals surface area contributed by atoms with Crippen molar-refractivity contribution in [3.63, 3.8) is 0 Å². The van der Waals surface area contributed by atoms with Crippen LogP contribution in [0, 0.1) is 0 Å². The number of nitrogens with one attached hydrogen (secondary N) is 2. The minimum absolute atomic E-state index is 0.364. The Hall–Kier alpha value is -2.57. The van der Waals surface area contributed by atoms with Crippen LogP contribution in [0.25, 0.3) is 0 Å². The lowest BCUT2D eigenvalue weighted by Gasteiger charge is -2.31. The van der Waals surface area contributed by atoms with Gasteiger partial charge in [-0.05, 0) is 43.1 Å². The highest BCUT2D eigenvalue weighted by Gasteiger charge is 2.23. The molecule has 2 aliphatic heterocycles. The Morgan fingerprint density at radius 1 is 0.935 bits per heavy atom. The molecule has 0 bridgehead atoms. The smallest absolute Gasteiger partial charge is 0.191 e. The molecule has 166 valence electrons. The van der Waals surface area contributed by atoms with Crippen LogP contribution in [0.4, 0.5) is 5.69 Å². The van der Waals surface area contributed by atoms with Crippen molar-refractivity contribution in [3.8, 4) is 0 Å². The number of para-hydroxylation sites is 1. The van der Waals surface area contributed by atoms with Gasteiger partial charge in [0.15, 0.2) is 5.96 Å². The van der Waals surface area contributed by atoms with E-state index in [0.717, 1.165) is 45.4 Å². The minimum atomic E-state index is 0.364. The zero-order valence-corrected chi connectivity index (χ0v) is 18.6. The van der Waals surface area contributed by atoms with E-state index in [2.05, 4.69) is 80.0 Å². The highest BCUT2D eigenvalue weighted by Crippen LogP contribution is 2.24. The van der Waals surface area contributed by atoms with Crippen molar-refractivity contribution < 1.29 is 4.74 Å². The second-order valence-corrected chi connectivity index (χ2v) is 8.20. The monoisotopic (exact) mass is 421 g/mol. The number of hydrogen-bond acceptors (Lipinski definition) is 4. The van der Waals surface area contributed by atoms with E-state index in [1.54, 1.807) is 0 Å². The van der Waals surface area contributed by atoms with Crippen LogP contribution in [0.1, 0.15) is 30.0 Å². The number of hydrogen-bond donors (Lipinski definition) is 2. The van der Waals surface area contributed by atoms with Gasteiger partial charge >= 0.3 is 0 Å². The maximum Gasteiger partial charge on any atom is 0.191 e. The first-order valence-corrected chi connectivity index (χ1v) is 11.5. The summed E-state index contributed by atoms with van der Waals surface area (Å²) in [6.07, 6.45) is 2.57. The number of ether oxygens (including phenoxy) is 1. The van der Waals surface area contributed by atoms with Gasteiger partial charge in [-0.25, -0.2) is 0 Å². The third kappa shape index (κ3) is 5.77. The summed E-state index contributed by atoms with van der Waals surface area (Å²) in [5.74, 6) is 0.844. The van der Waals surface area contributed by atoms with Gasteiger partial charge in [-0.3, -0.25) is 9.89 Å². The van der Waals surface area contributed by atoms with E-state index in [1.807, 2.05) is 7.05 Å². The third-order valence-corrected chi connectivity index (χ3v) is 6.24. The molecule has 0 amide bonds. The van der Waals surface area contributed by atoms with E-state index >= 15 is 0 Å². The molecule has 2 fully saturated rings. The number of morpholine rings is 1. The topological polar surface area (TPSA) is 52.1 Å². The van der Waals surface area contributed by atoms with Crippen molar-refractivity contribution in [2.45, 2.75) is 25.4 Å². The second-order valence-electron chi connectivity index (χ2n) is 8.20. The number of nitrogens with zero attached hydrogens (tertiary/aromatic N) is 3. The quantitative estimate of drug-likeness (QED) is 0.532. The number of anilines is 1. The van der Waals surface area contributed by atoms with Crippen LogP contribution in [-0.2, 0) is 11.3 Å². The Bertz CT molecular complexity index is 829. The van der Waals surface area contributed by atoms with Gasteiger partial charge in [0.25, 0.3) is 0 Å². The van der Waals surface area contributed by atoms with Crippen molar-refractivity contribution >= 4 is 11.6 Å². The molecule has 4 rings (SSSR count). The maximum absolute atomic E-state index is 5.52. The molecule has 0 spiro atoms. The van der Waals surface area contributed by atoms with Crippen LogP contribution < -0.4 is 15.5 Å². The molecule has 2 aromatic carbocycles. The fraction of sp³-hybridized carbons (Fsp3) is 0.480. The fourth-order valence-electron chi connectivity index (χ4n) is 4.55. The van der Waals surface area contributed by atoms with Gasteiger partial charge in [-0.15, -0.1) is 0 Å². The van der Waals surface area contributed by atoms with Gasteiger partial charge in [0.05, 0.1) is 19.3 Å². The number of guanidine groups is 1. The zero-order valence-electron chi connectivity index (χ0n) is 18.6. The summed E-state index contributed by atoms with van der Waals surface area (Å²) >= 11 is 0. The van der Waals surface area contributed by atoms with Crippen molar-refractivity contribution in [1.29, 1.82) is 0 Å². The number of benzene rings is 2. The average molecular weight is 422 g/mol. The average Bonchev–Trinajstić information content (AvgIpc) is 3.37. The first-order chi connectivity index (χ1) is 15.3. The number of likely N-dealkylation sites (tertiary alicyclic amines) is 1. The Kier molecular flexibility index (Phi) is 7.80. The predicted molar refractivity (Wildman–Crippen MR) is 128 cm³/mol. The maximum atomic E-state index is 5.52. The molecule has 2 heterocycles. The molecule has 2 aromatic rings. The summed E-state index contributed by atoms with van der Waals surface area (Å²) in [6.45, 7) is 7.39. The summed E-state index contributed by atoms with van der Waals surface area (Å²) in [5, 5.41) is 7.10. The molecule has 2 aliphatic rings. The van der Waals surface area contributed by atoms with Crippen molar-refractivity contribution in [2.75, 3.05) is 57.9 Å². The molecule has 0 radical (unpaired) electrons. The zero-order chi connectivity index (χ0) is 21.3. The lowest BCUT2D eigenvalue weighted by atomic mass is 10.1. The third-order valence-electron chi connectivity index (χ3n) is 6.24. The summed E-state index contributed by atoms with van der Waals surface area (Å²) in [7, 11) is 1.84. The fourth-order valence-corrected chi connectivity index (χ4v) is 4.55. The molecule has 6 nitrogen and oxygen atoms in total. The van der Waals surface area contributed by atoms with Crippen LogP contribution in [0.5, 0.6) is 0 Å². The van der Waals surface area contributed by atoms with Crippen LogP contribution in [-0.4, -0.2) is 63.8 Å². The standard InChI is InChI=1S/C25H35N5O/c1-26-25(27-19-22-11-5-6-12-23(22)30-15-17-31-18-16-30)28-20-24(29-13-7-8-14-29)21-9-3-2-4-10-21/h2-6,9-12,24H,7-8,13-20H2,1H3,(H2,26,27,28). The highest BCUT2D eigenvalue weighted by molar-refractivity contribution is 5.79. The molecular weight excluding hydrogens is 386 g/mol. The predicted octanol–water partition coefficient (Wildman–Crippen LogP) is 3.03. The Labute approximate surface area is 186 Å². The van der Waals surface area contributed by atoms with Crippen molar-refractivity contribution in [3.05, 3.63) is 65.7 Å². The Morgan fingerprint density at radius 2 is 1.65 bits per heavy atom. The van der Waals surface area contributed by atoms with Crippen LogP contribution >= 0.6 is 0 Å². The van der Waals surface area contributed by atoms with E-state index in [4.69, 9.17) is 4.74 Å². The van der Waals surface area contributed by atoms with Crippen LogP contribution in [0.15, 0.2) is 59.6 Å². The van der Waals surface area contributed by atoms with Gasteiger partial charge in [0.1, 0.15) is 0 Å². The Morgan fingerprint density at radius 3 is 2.39 bits per heavy atom. The highest BCUT2D eigenvalue weighted by atomic mass is 16.5. The molecule has 0 saturated carbocycles. The minimum Gasteiger partial charge on any atom is -0.378 e. The van der Waals surface area contributed by atoms with Crippen molar-refractivity contribution in [1.82, 2.24) is 15.5 Å². The molecule has 6 heteroatoms. The second kappa shape index (κ2) is 11.2. The van der Waals surface area contributed by atoms with Gasteiger partial charge in [0.2, 0.25) is 0 Å². The first kappa shape index (κ1) is 21.7.